The first-order chi connectivity index (χ1) is 15.5. The van der Waals surface area contributed by atoms with E-state index in [0.29, 0.717) is 29.3 Å². The number of nitrogens with one attached hydrogen (secondary N) is 1. The standard InChI is InChI=1S/C24H19N3O5/c1-2-32-20-14-10-17(11-15-20)25-22-21(16-8-12-19(13-9-16)27(30)31)23(28)26(24(22)29)18-6-4-3-5-7-18/h3-15,25H,2H2,1H3. The number of hydrogen-bond donors (Lipinski definition) is 1. The van der Waals surface area contributed by atoms with Crippen LogP contribution in [0.3, 0.4) is 0 Å². The van der Waals surface area contributed by atoms with Crippen molar-refractivity contribution in [3.05, 3.63) is 100 Å². The Morgan fingerprint density at radius 3 is 2.16 bits per heavy atom. The van der Waals surface area contributed by atoms with E-state index in [0.717, 1.165) is 4.90 Å². The van der Waals surface area contributed by atoms with Gasteiger partial charge in [0.1, 0.15) is 11.4 Å². The summed E-state index contributed by atoms with van der Waals surface area (Å²) in [6.45, 7) is 2.41. The summed E-state index contributed by atoms with van der Waals surface area (Å²) >= 11 is 0. The lowest BCUT2D eigenvalue weighted by Gasteiger charge is -2.15. The van der Waals surface area contributed by atoms with Gasteiger partial charge in [-0.2, -0.15) is 0 Å². The van der Waals surface area contributed by atoms with Crippen molar-refractivity contribution >= 4 is 34.4 Å². The van der Waals surface area contributed by atoms with Crippen molar-refractivity contribution in [2.24, 2.45) is 0 Å². The van der Waals surface area contributed by atoms with Crippen LogP contribution in [0.4, 0.5) is 17.1 Å². The van der Waals surface area contributed by atoms with Crippen LogP contribution in [0.15, 0.2) is 84.6 Å². The molecule has 8 heteroatoms. The second-order valence-electron chi connectivity index (χ2n) is 6.92. The molecular weight excluding hydrogens is 410 g/mol. The minimum atomic E-state index is -0.519. The van der Waals surface area contributed by atoms with E-state index >= 15 is 0 Å². The first-order valence-corrected chi connectivity index (χ1v) is 9.92. The maximum Gasteiger partial charge on any atom is 0.282 e. The summed E-state index contributed by atoms with van der Waals surface area (Å²) in [7, 11) is 0. The van der Waals surface area contributed by atoms with Gasteiger partial charge in [0, 0.05) is 17.8 Å². The Bertz CT molecular complexity index is 1200. The summed E-state index contributed by atoms with van der Waals surface area (Å²) < 4.78 is 5.44. The average molecular weight is 429 g/mol. The van der Waals surface area contributed by atoms with E-state index in [1.165, 1.54) is 24.3 Å². The Hall–Kier alpha value is -4.46. The van der Waals surface area contributed by atoms with Crippen LogP contribution >= 0.6 is 0 Å². The smallest absolute Gasteiger partial charge is 0.282 e. The molecule has 0 radical (unpaired) electrons. The topological polar surface area (TPSA) is 102 Å². The van der Waals surface area contributed by atoms with Gasteiger partial charge in [-0.1, -0.05) is 18.2 Å². The van der Waals surface area contributed by atoms with Crippen molar-refractivity contribution in [1.82, 2.24) is 0 Å². The van der Waals surface area contributed by atoms with Gasteiger partial charge in [-0.15, -0.1) is 0 Å². The van der Waals surface area contributed by atoms with E-state index in [9.17, 15) is 19.7 Å². The van der Waals surface area contributed by atoms with E-state index in [1.54, 1.807) is 54.6 Å². The molecule has 32 heavy (non-hydrogen) atoms. The fraction of sp³-hybridized carbons (Fsp3) is 0.0833. The molecule has 1 aliphatic heterocycles. The zero-order valence-electron chi connectivity index (χ0n) is 17.1. The van der Waals surface area contributed by atoms with Gasteiger partial charge >= 0.3 is 0 Å². The molecule has 0 aliphatic carbocycles. The van der Waals surface area contributed by atoms with E-state index in [1.807, 2.05) is 6.92 Å². The third-order valence-corrected chi connectivity index (χ3v) is 4.90. The van der Waals surface area contributed by atoms with Crippen LogP contribution < -0.4 is 15.0 Å². The molecule has 3 aromatic rings. The summed E-state index contributed by atoms with van der Waals surface area (Å²) in [6, 6.07) is 21.1. The number of hydrogen-bond acceptors (Lipinski definition) is 6. The minimum absolute atomic E-state index is 0.0943. The van der Waals surface area contributed by atoms with Crippen molar-refractivity contribution in [2.45, 2.75) is 6.92 Å². The van der Waals surface area contributed by atoms with Crippen LogP contribution in [-0.4, -0.2) is 23.3 Å². The highest BCUT2D eigenvalue weighted by atomic mass is 16.6. The van der Waals surface area contributed by atoms with Gasteiger partial charge in [-0.3, -0.25) is 19.7 Å². The van der Waals surface area contributed by atoms with Crippen LogP contribution in [0.2, 0.25) is 0 Å². The Kier molecular flexibility index (Phi) is 5.67. The highest BCUT2D eigenvalue weighted by Crippen LogP contribution is 2.34. The number of para-hydroxylation sites is 1. The molecular formula is C24H19N3O5. The number of carbonyl (C=O) groups excluding carboxylic acids is 2. The molecule has 0 unspecified atom stereocenters. The van der Waals surface area contributed by atoms with Crippen molar-refractivity contribution in [1.29, 1.82) is 0 Å². The number of nitro groups is 1. The number of non-ortho nitro benzene ring substituents is 1. The van der Waals surface area contributed by atoms with E-state index in [-0.39, 0.29) is 17.0 Å². The molecule has 0 saturated heterocycles. The van der Waals surface area contributed by atoms with Gasteiger partial charge in [0.25, 0.3) is 17.5 Å². The van der Waals surface area contributed by atoms with Crippen molar-refractivity contribution in [3.63, 3.8) is 0 Å². The van der Waals surface area contributed by atoms with E-state index < -0.39 is 16.7 Å². The quantitative estimate of drug-likeness (QED) is 0.340. The molecule has 8 nitrogen and oxygen atoms in total. The monoisotopic (exact) mass is 429 g/mol. The molecule has 1 N–H and O–H groups in total. The minimum Gasteiger partial charge on any atom is -0.494 e. The number of nitrogens with zero attached hydrogens (tertiary/aromatic N) is 2. The maximum absolute atomic E-state index is 13.3. The van der Waals surface area contributed by atoms with Crippen LogP contribution in [0.25, 0.3) is 5.57 Å². The number of anilines is 2. The average Bonchev–Trinajstić information content (AvgIpc) is 3.05. The number of rotatable bonds is 7. The van der Waals surface area contributed by atoms with E-state index in [4.69, 9.17) is 4.74 Å². The molecule has 2 amide bonds. The molecule has 0 saturated carbocycles. The first-order valence-electron chi connectivity index (χ1n) is 9.92. The Labute approximate surface area is 183 Å². The fourth-order valence-corrected chi connectivity index (χ4v) is 3.42. The van der Waals surface area contributed by atoms with Gasteiger partial charge < -0.3 is 10.1 Å². The predicted molar refractivity (Wildman–Crippen MR) is 120 cm³/mol. The van der Waals surface area contributed by atoms with Gasteiger partial charge in [0.15, 0.2) is 0 Å². The summed E-state index contributed by atoms with van der Waals surface area (Å²) in [5, 5.41) is 14.1. The van der Waals surface area contributed by atoms with Gasteiger partial charge in [-0.25, -0.2) is 4.90 Å². The Balaban J connectivity index is 1.76. The van der Waals surface area contributed by atoms with E-state index in [2.05, 4.69) is 5.32 Å². The molecule has 1 heterocycles. The van der Waals surface area contributed by atoms with Gasteiger partial charge in [0.2, 0.25) is 0 Å². The number of imide groups is 1. The lowest BCUT2D eigenvalue weighted by atomic mass is 10.0. The zero-order chi connectivity index (χ0) is 22.7. The largest absolute Gasteiger partial charge is 0.494 e. The molecule has 0 spiro atoms. The molecule has 0 fully saturated rings. The second-order valence-corrected chi connectivity index (χ2v) is 6.92. The molecule has 1 aliphatic rings. The van der Waals surface area contributed by atoms with Crippen LogP contribution in [0.1, 0.15) is 12.5 Å². The van der Waals surface area contributed by atoms with Crippen molar-refractivity contribution in [2.75, 3.05) is 16.8 Å². The number of nitro benzene ring substituents is 1. The lowest BCUT2D eigenvalue weighted by molar-refractivity contribution is -0.384. The lowest BCUT2D eigenvalue weighted by Crippen LogP contribution is -2.32. The van der Waals surface area contributed by atoms with Crippen LogP contribution in [0, 0.1) is 10.1 Å². The van der Waals surface area contributed by atoms with Gasteiger partial charge in [0.05, 0.1) is 22.8 Å². The first kappa shape index (κ1) is 20.8. The molecule has 3 aromatic carbocycles. The predicted octanol–water partition coefficient (Wildman–Crippen LogP) is 4.39. The summed E-state index contributed by atoms with van der Waals surface area (Å²) in [6.07, 6.45) is 0. The summed E-state index contributed by atoms with van der Waals surface area (Å²) in [4.78, 5) is 38.2. The van der Waals surface area contributed by atoms with Crippen molar-refractivity contribution in [3.8, 4) is 5.75 Å². The van der Waals surface area contributed by atoms with Crippen LogP contribution in [-0.2, 0) is 9.59 Å². The summed E-state index contributed by atoms with van der Waals surface area (Å²) in [5.41, 5.74) is 1.57. The highest BCUT2D eigenvalue weighted by molar-refractivity contribution is 6.46. The number of amides is 2. The fourth-order valence-electron chi connectivity index (χ4n) is 3.42. The molecule has 160 valence electrons. The third-order valence-electron chi connectivity index (χ3n) is 4.90. The Morgan fingerprint density at radius 2 is 1.56 bits per heavy atom. The highest BCUT2D eigenvalue weighted by Gasteiger charge is 2.40. The SMILES string of the molecule is CCOc1ccc(NC2=C(c3ccc([N+](=O)[O-])cc3)C(=O)N(c3ccccc3)C2=O)cc1. The normalized spacial score (nSPS) is 13.5. The van der Waals surface area contributed by atoms with Gasteiger partial charge in [-0.05, 0) is 61.0 Å². The number of carbonyl (C=O) groups is 2. The van der Waals surface area contributed by atoms with Crippen LogP contribution in [0.5, 0.6) is 5.75 Å². The molecule has 0 atom stereocenters. The number of benzene rings is 3. The van der Waals surface area contributed by atoms with Crippen molar-refractivity contribution < 1.29 is 19.2 Å². The zero-order valence-corrected chi connectivity index (χ0v) is 17.1. The molecule has 0 aromatic heterocycles. The second kappa shape index (κ2) is 8.73. The molecule has 4 rings (SSSR count). The Morgan fingerprint density at radius 1 is 0.906 bits per heavy atom. The molecule has 0 bridgehead atoms. The number of ether oxygens (including phenoxy) is 1. The third kappa shape index (κ3) is 3.93. The summed E-state index contributed by atoms with van der Waals surface area (Å²) in [5.74, 6) is -0.339. The maximum atomic E-state index is 13.3.